The predicted octanol–water partition coefficient (Wildman–Crippen LogP) is 1.13. The fraction of sp³-hybridized carbons (Fsp3) is 0.429. The molecule has 0 atom stereocenters. The Morgan fingerprint density at radius 3 is 2.69 bits per heavy atom. The summed E-state index contributed by atoms with van der Waals surface area (Å²) in [6.45, 7) is 2.43. The van der Waals surface area contributed by atoms with Crippen molar-refractivity contribution >= 4 is 32.0 Å². The Morgan fingerprint density at radius 1 is 1.62 bits per heavy atom. The lowest BCUT2D eigenvalue weighted by Crippen LogP contribution is -2.09. The van der Waals surface area contributed by atoms with Crippen LogP contribution in [0.2, 0.25) is 0 Å². The summed E-state index contributed by atoms with van der Waals surface area (Å²) < 4.78 is 21.9. The smallest absolute Gasteiger partial charge is 0.304 e. The second kappa shape index (κ2) is 4.76. The third-order valence-corrected chi connectivity index (χ3v) is 4.20. The first-order valence-electron chi connectivity index (χ1n) is 4.41. The second-order valence-electron chi connectivity index (χ2n) is 3.01. The first-order valence-corrected chi connectivity index (χ1v) is 6.77. The minimum Gasteiger partial charge on any atom is -0.371 e. The highest BCUT2D eigenvalue weighted by atomic mass is 32.2. The third-order valence-electron chi connectivity index (χ3n) is 1.70. The molecule has 0 unspecified atom stereocenters. The summed E-state index contributed by atoms with van der Waals surface area (Å²) in [7, 11) is -3.89. The van der Waals surface area contributed by atoms with Crippen molar-refractivity contribution in [3.63, 3.8) is 0 Å². The molecule has 0 spiro atoms. The van der Waals surface area contributed by atoms with E-state index in [-0.39, 0.29) is 14.9 Å². The van der Waals surface area contributed by atoms with Gasteiger partial charge >= 0.3 is 5.69 Å². The van der Waals surface area contributed by atoms with Crippen LogP contribution in [0.1, 0.15) is 13.3 Å². The van der Waals surface area contributed by atoms with Crippen LogP contribution in [0.15, 0.2) is 10.3 Å². The van der Waals surface area contributed by atoms with E-state index in [2.05, 4.69) is 5.32 Å². The molecule has 0 radical (unpaired) electrons. The minimum atomic E-state index is -3.89. The molecular formula is C7H11N3O4S2. The molecule has 9 heteroatoms. The molecule has 0 saturated carbocycles. The van der Waals surface area contributed by atoms with Gasteiger partial charge in [-0.3, -0.25) is 10.1 Å². The molecule has 0 aliphatic carbocycles. The zero-order valence-electron chi connectivity index (χ0n) is 8.47. The minimum absolute atomic E-state index is 0.210. The maximum absolute atomic E-state index is 11.0. The molecule has 0 aromatic carbocycles. The fourth-order valence-corrected chi connectivity index (χ4v) is 2.78. The van der Waals surface area contributed by atoms with E-state index in [1.807, 2.05) is 6.92 Å². The van der Waals surface area contributed by atoms with Gasteiger partial charge in [-0.1, -0.05) is 18.3 Å². The van der Waals surface area contributed by atoms with Gasteiger partial charge in [0.25, 0.3) is 0 Å². The standard InChI is InChI=1S/C7H11N3O4S2/c1-2-3-9-7-5(10(11)12)4-6(15-7)16(8,13)14/h4,9H,2-3H2,1H3,(H2,8,13,14). The maximum Gasteiger partial charge on any atom is 0.304 e. The fourth-order valence-electron chi connectivity index (χ4n) is 1.00. The van der Waals surface area contributed by atoms with Crippen LogP contribution in [0, 0.1) is 10.1 Å². The van der Waals surface area contributed by atoms with E-state index < -0.39 is 14.9 Å². The lowest BCUT2D eigenvalue weighted by atomic mass is 10.4. The summed E-state index contributed by atoms with van der Waals surface area (Å²) in [5.41, 5.74) is -0.262. The molecule has 1 aromatic heterocycles. The van der Waals surface area contributed by atoms with E-state index in [0.29, 0.717) is 6.54 Å². The normalized spacial score (nSPS) is 11.4. The molecule has 7 nitrogen and oxygen atoms in total. The largest absolute Gasteiger partial charge is 0.371 e. The topological polar surface area (TPSA) is 115 Å². The maximum atomic E-state index is 11.0. The van der Waals surface area contributed by atoms with Gasteiger partial charge in [-0.05, 0) is 6.42 Å². The summed E-state index contributed by atoms with van der Waals surface area (Å²) in [5.74, 6) is 0. The summed E-state index contributed by atoms with van der Waals surface area (Å²) >= 11 is 0.769. The lowest BCUT2D eigenvalue weighted by Gasteiger charge is -1.99. The van der Waals surface area contributed by atoms with Gasteiger partial charge in [0.05, 0.1) is 4.92 Å². The van der Waals surface area contributed by atoms with Crippen LogP contribution < -0.4 is 10.5 Å². The van der Waals surface area contributed by atoms with Crippen molar-refractivity contribution in [2.75, 3.05) is 11.9 Å². The number of thiophene rings is 1. The first-order chi connectivity index (χ1) is 7.36. The molecular weight excluding hydrogens is 254 g/mol. The lowest BCUT2D eigenvalue weighted by molar-refractivity contribution is -0.383. The van der Waals surface area contributed by atoms with Gasteiger partial charge in [-0.25, -0.2) is 13.6 Å². The molecule has 0 aliphatic rings. The third kappa shape index (κ3) is 2.90. The second-order valence-corrected chi connectivity index (χ2v) is 5.85. The SMILES string of the molecule is CCCNc1sc(S(N)(=O)=O)cc1[N+](=O)[O-]. The number of sulfonamides is 1. The Labute approximate surface area is 96.5 Å². The number of rotatable bonds is 5. The Balaban J connectivity index is 3.15. The van der Waals surface area contributed by atoms with E-state index in [1.165, 1.54) is 0 Å². The molecule has 0 fully saturated rings. The van der Waals surface area contributed by atoms with Gasteiger partial charge in [0.15, 0.2) is 5.00 Å². The number of nitrogens with zero attached hydrogens (tertiary/aromatic N) is 1. The zero-order valence-corrected chi connectivity index (χ0v) is 10.1. The molecule has 0 saturated heterocycles. The average Bonchev–Trinajstić information content (AvgIpc) is 2.57. The molecule has 0 bridgehead atoms. The molecule has 1 aromatic rings. The molecule has 1 heterocycles. The molecule has 0 amide bonds. The van der Waals surface area contributed by atoms with E-state index in [1.54, 1.807) is 0 Å². The molecule has 16 heavy (non-hydrogen) atoms. The summed E-state index contributed by atoms with van der Waals surface area (Å²) in [5, 5.41) is 18.6. The number of hydrogen-bond acceptors (Lipinski definition) is 6. The molecule has 1 rings (SSSR count). The van der Waals surface area contributed by atoms with Crippen molar-refractivity contribution in [2.24, 2.45) is 5.14 Å². The summed E-state index contributed by atoms with van der Waals surface area (Å²) in [4.78, 5) is 10.0. The van der Waals surface area contributed by atoms with E-state index in [4.69, 9.17) is 5.14 Å². The number of hydrogen-bond donors (Lipinski definition) is 2. The Hall–Kier alpha value is -1.19. The van der Waals surface area contributed by atoms with Crippen LogP contribution in [0.25, 0.3) is 0 Å². The van der Waals surface area contributed by atoms with Crippen LogP contribution in [-0.2, 0) is 10.0 Å². The van der Waals surface area contributed by atoms with Gasteiger partial charge in [0, 0.05) is 12.6 Å². The highest BCUT2D eigenvalue weighted by Gasteiger charge is 2.23. The van der Waals surface area contributed by atoms with E-state index in [9.17, 15) is 18.5 Å². The van der Waals surface area contributed by atoms with Gasteiger partial charge < -0.3 is 5.32 Å². The Bertz CT molecular complexity index is 494. The van der Waals surface area contributed by atoms with Crippen LogP contribution >= 0.6 is 11.3 Å². The van der Waals surface area contributed by atoms with E-state index in [0.717, 1.165) is 23.8 Å². The van der Waals surface area contributed by atoms with Crippen molar-refractivity contribution in [3.8, 4) is 0 Å². The molecule has 90 valence electrons. The van der Waals surface area contributed by atoms with Gasteiger partial charge in [-0.15, -0.1) is 0 Å². The molecule has 0 aliphatic heterocycles. The van der Waals surface area contributed by atoms with Gasteiger partial charge in [0.2, 0.25) is 10.0 Å². The van der Waals surface area contributed by atoms with Crippen molar-refractivity contribution in [3.05, 3.63) is 16.2 Å². The van der Waals surface area contributed by atoms with Gasteiger partial charge in [0.1, 0.15) is 4.21 Å². The Kier molecular flexibility index (Phi) is 3.83. The number of anilines is 1. The summed E-state index contributed by atoms with van der Waals surface area (Å²) in [6.07, 6.45) is 0.778. The number of nitrogens with two attached hydrogens (primary N) is 1. The van der Waals surface area contributed by atoms with Crippen molar-refractivity contribution in [2.45, 2.75) is 17.6 Å². The van der Waals surface area contributed by atoms with Crippen LogP contribution in [0.4, 0.5) is 10.7 Å². The van der Waals surface area contributed by atoms with Crippen molar-refractivity contribution in [1.82, 2.24) is 0 Å². The number of nitro groups is 1. The van der Waals surface area contributed by atoms with Crippen LogP contribution in [0.5, 0.6) is 0 Å². The number of primary sulfonamides is 1. The first kappa shape index (κ1) is 12.9. The monoisotopic (exact) mass is 265 g/mol. The van der Waals surface area contributed by atoms with Crippen molar-refractivity contribution in [1.29, 1.82) is 0 Å². The summed E-state index contributed by atoms with van der Waals surface area (Å²) in [6, 6.07) is 0.970. The molecule has 3 N–H and O–H groups in total. The Morgan fingerprint density at radius 2 is 2.25 bits per heavy atom. The highest BCUT2D eigenvalue weighted by Crippen LogP contribution is 2.36. The zero-order chi connectivity index (χ0) is 12.3. The predicted molar refractivity (Wildman–Crippen MR) is 61.1 cm³/mol. The quantitative estimate of drug-likeness (QED) is 0.611. The highest BCUT2D eigenvalue weighted by molar-refractivity contribution is 7.91. The number of nitrogens with one attached hydrogen (secondary N) is 1. The van der Waals surface area contributed by atoms with E-state index >= 15 is 0 Å². The average molecular weight is 265 g/mol. The van der Waals surface area contributed by atoms with Crippen LogP contribution in [0.3, 0.4) is 0 Å². The van der Waals surface area contributed by atoms with Crippen molar-refractivity contribution < 1.29 is 13.3 Å². The van der Waals surface area contributed by atoms with Gasteiger partial charge in [-0.2, -0.15) is 0 Å². The van der Waals surface area contributed by atoms with Crippen LogP contribution in [-0.4, -0.2) is 19.9 Å².